The van der Waals surface area contributed by atoms with E-state index in [1.54, 1.807) is 0 Å². The Morgan fingerprint density at radius 3 is 2.62 bits per heavy atom. The molecule has 0 aliphatic heterocycles. The van der Waals surface area contributed by atoms with Crippen molar-refractivity contribution in [3.8, 4) is 12.3 Å². The first-order valence-corrected chi connectivity index (χ1v) is 14.7. The second kappa shape index (κ2) is 10.9. The van der Waals surface area contributed by atoms with Gasteiger partial charge in [-0.3, -0.25) is 0 Å². The van der Waals surface area contributed by atoms with E-state index in [0.29, 0.717) is 10.8 Å². The molecule has 0 radical (unpaired) electrons. The molecule has 0 aromatic carbocycles. The molecule has 0 bridgehead atoms. The van der Waals surface area contributed by atoms with Crippen molar-refractivity contribution in [1.29, 1.82) is 0 Å². The molecule has 0 amide bonds. The zero-order valence-corrected chi connectivity index (χ0v) is 23.0. The van der Waals surface area contributed by atoms with Crippen LogP contribution in [-0.4, -0.2) is 13.2 Å². The van der Waals surface area contributed by atoms with Gasteiger partial charge in [0.1, 0.15) is 0 Å². The fraction of sp³-hybridized carbons (Fsp3) is 0.818. The van der Waals surface area contributed by atoms with E-state index >= 15 is 0 Å². The lowest BCUT2D eigenvalue weighted by Gasteiger charge is -2.58. The van der Waals surface area contributed by atoms with Crippen LogP contribution in [0.25, 0.3) is 0 Å². The van der Waals surface area contributed by atoms with Gasteiger partial charge in [0.25, 0.3) is 0 Å². The molecule has 4 aliphatic carbocycles. The van der Waals surface area contributed by atoms with Gasteiger partial charge in [-0.25, -0.2) is 0 Å². The summed E-state index contributed by atoms with van der Waals surface area (Å²) >= 11 is 0. The predicted octanol–water partition coefficient (Wildman–Crippen LogP) is 8.85. The van der Waals surface area contributed by atoms with E-state index in [9.17, 15) is 0 Å². The molecule has 0 N–H and O–H groups in total. The van der Waals surface area contributed by atoms with Crippen molar-refractivity contribution in [2.75, 3.05) is 13.2 Å². The Morgan fingerprint density at radius 2 is 1.85 bits per heavy atom. The van der Waals surface area contributed by atoms with Crippen LogP contribution in [0.15, 0.2) is 23.8 Å². The van der Waals surface area contributed by atoms with Gasteiger partial charge in [-0.15, -0.1) is 6.42 Å². The average Bonchev–Trinajstić information content (AvgIpc) is 3.19. The molecule has 0 spiro atoms. The number of fused-ring (bicyclic) bond motifs is 5. The molecule has 0 heterocycles. The first-order chi connectivity index (χ1) is 16.3. The highest BCUT2D eigenvalue weighted by molar-refractivity contribution is 5.26. The van der Waals surface area contributed by atoms with Crippen LogP contribution in [0.4, 0.5) is 0 Å². The van der Waals surface area contributed by atoms with Crippen LogP contribution in [0.3, 0.4) is 0 Å². The number of allylic oxidation sites excluding steroid dienone is 4. The summed E-state index contributed by atoms with van der Waals surface area (Å²) < 4.78 is 5.91. The summed E-state index contributed by atoms with van der Waals surface area (Å²) in [4.78, 5) is 0. The van der Waals surface area contributed by atoms with Gasteiger partial charge in [-0.2, -0.15) is 0 Å². The third kappa shape index (κ3) is 5.24. The van der Waals surface area contributed by atoms with E-state index in [0.717, 1.165) is 60.2 Å². The second-order valence-electron chi connectivity index (χ2n) is 13.3. The summed E-state index contributed by atoms with van der Waals surface area (Å²) in [5, 5.41) is 0. The Labute approximate surface area is 211 Å². The third-order valence-electron chi connectivity index (χ3n) is 11.3. The summed E-state index contributed by atoms with van der Waals surface area (Å²) in [6.07, 6.45) is 27.8. The number of ether oxygens (including phenoxy) is 1. The van der Waals surface area contributed by atoms with Crippen molar-refractivity contribution in [2.24, 2.45) is 52.3 Å². The van der Waals surface area contributed by atoms with Crippen molar-refractivity contribution in [3.63, 3.8) is 0 Å². The molecule has 190 valence electrons. The van der Waals surface area contributed by atoms with E-state index in [2.05, 4.69) is 51.8 Å². The predicted molar refractivity (Wildman–Crippen MR) is 145 cm³/mol. The van der Waals surface area contributed by atoms with Gasteiger partial charge in [0, 0.05) is 6.61 Å². The third-order valence-corrected chi connectivity index (χ3v) is 11.3. The van der Waals surface area contributed by atoms with E-state index < -0.39 is 0 Å². The molecular weight excluding hydrogens is 412 g/mol. The quantitative estimate of drug-likeness (QED) is 0.257. The first-order valence-electron chi connectivity index (χ1n) is 14.7. The number of terminal acetylenes is 1. The summed E-state index contributed by atoms with van der Waals surface area (Å²) in [6.45, 7) is 13.8. The Hall–Kier alpha value is -1.00. The maximum atomic E-state index is 5.91. The van der Waals surface area contributed by atoms with Crippen LogP contribution < -0.4 is 0 Å². The molecular formula is C33H52O. The highest BCUT2D eigenvalue weighted by Crippen LogP contribution is 2.66. The molecule has 9 atom stereocenters. The van der Waals surface area contributed by atoms with Gasteiger partial charge < -0.3 is 4.74 Å². The lowest BCUT2D eigenvalue weighted by atomic mass is 9.48. The minimum Gasteiger partial charge on any atom is -0.381 e. The van der Waals surface area contributed by atoms with Crippen LogP contribution in [0.5, 0.6) is 0 Å². The summed E-state index contributed by atoms with van der Waals surface area (Å²) in [5.41, 5.74) is 2.04. The SMILES string of the molecule is C#C/C(C)=C/C=C\CCC(C)C1CCC2C3CCC4C[C@@](C)(COCC)CCC4C3CCC12C. The Morgan fingerprint density at radius 1 is 1.06 bits per heavy atom. The highest BCUT2D eigenvalue weighted by atomic mass is 16.5. The lowest BCUT2D eigenvalue weighted by Crippen LogP contribution is -2.50. The topological polar surface area (TPSA) is 9.23 Å². The molecule has 0 saturated heterocycles. The van der Waals surface area contributed by atoms with Crippen molar-refractivity contribution < 1.29 is 4.74 Å². The first kappa shape index (κ1) is 26.1. The second-order valence-corrected chi connectivity index (χ2v) is 13.3. The Kier molecular flexibility index (Phi) is 8.40. The Bertz CT molecular complexity index is 785. The summed E-state index contributed by atoms with van der Waals surface area (Å²) in [6, 6.07) is 0. The van der Waals surface area contributed by atoms with Crippen LogP contribution in [0.1, 0.15) is 105 Å². The smallest absolute Gasteiger partial charge is 0.0519 e. The standard InChI is InChI=1S/C33H52O/c1-7-24(3)12-10-9-11-13-25(4)30-16-17-31-29-15-14-26-22-32(5,23-34-8-2)20-18-27(26)28(29)19-21-33(30,31)6/h1,9-10,12,25-31H,8,11,13-23H2,2-6H3/b10-9-,24-12+/t25?,26?,27?,28?,29?,30?,31?,32-,33?/m0/s1. The molecule has 4 rings (SSSR count). The molecule has 1 nitrogen and oxygen atoms in total. The van der Waals surface area contributed by atoms with Gasteiger partial charge >= 0.3 is 0 Å². The lowest BCUT2D eigenvalue weighted by molar-refractivity contribution is -0.0922. The van der Waals surface area contributed by atoms with Crippen molar-refractivity contribution in [3.05, 3.63) is 23.8 Å². The van der Waals surface area contributed by atoms with Gasteiger partial charge in [0.2, 0.25) is 0 Å². The fourth-order valence-corrected chi connectivity index (χ4v) is 9.56. The molecule has 0 aromatic rings. The largest absolute Gasteiger partial charge is 0.381 e. The van der Waals surface area contributed by atoms with E-state index in [4.69, 9.17) is 11.2 Å². The van der Waals surface area contributed by atoms with Gasteiger partial charge in [0.15, 0.2) is 0 Å². The number of hydrogen-bond acceptors (Lipinski definition) is 1. The van der Waals surface area contributed by atoms with Gasteiger partial charge in [-0.1, -0.05) is 44.9 Å². The van der Waals surface area contributed by atoms with Crippen LogP contribution >= 0.6 is 0 Å². The molecule has 1 heteroatoms. The van der Waals surface area contributed by atoms with Crippen molar-refractivity contribution in [2.45, 2.75) is 105 Å². The molecule has 4 aliphatic rings. The van der Waals surface area contributed by atoms with Crippen molar-refractivity contribution in [1.82, 2.24) is 0 Å². The number of hydrogen-bond donors (Lipinski definition) is 0. The zero-order valence-electron chi connectivity index (χ0n) is 23.0. The zero-order chi connectivity index (χ0) is 24.3. The van der Waals surface area contributed by atoms with E-state index in [1.807, 2.05) is 6.92 Å². The highest BCUT2D eigenvalue weighted by Gasteiger charge is 2.58. The average molecular weight is 465 g/mol. The van der Waals surface area contributed by atoms with E-state index in [-0.39, 0.29) is 0 Å². The molecule has 8 unspecified atom stereocenters. The summed E-state index contributed by atoms with van der Waals surface area (Å²) in [5.74, 6) is 9.48. The summed E-state index contributed by atoms with van der Waals surface area (Å²) in [7, 11) is 0. The van der Waals surface area contributed by atoms with Crippen LogP contribution in [0.2, 0.25) is 0 Å². The maximum absolute atomic E-state index is 5.91. The molecule has 4 fully saturated rings. The fourth-order valence-electron chi connectivity index (χ4n) is 9.56. The molecule has 0 aromatic heterocycles. The minimum absolute atomic E-state index is 0.435. The van der Waals surface area contributed by atoms with Gasteiger partial charge in [0.05, 0.1) is 6.61 Å². The Balaban J connectivity index is 1.35. The van der Waals surface area contributed by atoms with E-state index in [1.165, 1.54) is 70.6 Å². The number of rotatable bonds is 8. The normalized spacial score (nSPS) is 43.1. The molecule has 34 heavy (non-hydrogen) atoms. The molecule has 4 saturated carbocycles. The van der Waals surface area contributed by atoms with Crippen molar-refractivity contribution >= 4 is 0 Å². The monoisotopic (exact) mass is 464 g/mol. The van der Waals surface area contributed by atoms with Gasteiger partial charge in [-0.05, 0) is 142 Å². The van der Waals surface area contributed by atoms with Crippen LogP contribution in [-0.2, 0) is 4.74 Å². The van der Waals surface area contributed by atoms with Crippen LogP contribution in [0, 0.1) is 64.6 Å². The maximum Gasteiger partial charge on any atom is 0.0519 e. The minimum atomic E-state index is 0.435.